The van der Waals surface area contributed by atoms with E-state index in [0.717, 1.165) is 6.92 Å². The quantitative estimate of drug-likeness (QED) is 0.0316. The molecule has 14 N–H and O–H groups in total. The number of hydrogen-bond acceptors (Lipinski definition) is 14. The largest absolute Gasteiger partial charge is 0.481 e. The van der Waals surface area contributed by atoms with Gasteiger partial charge in [-0.25, -0.2) is 0 Å². The van der Waals surface area contributed by atoms with Crippen LogP contribution >= 0.6 is 0 Å². The number of nitrogens with two attached hydrogens (primary N) is 1. The van der Waals surface area contributed by atoms with E-state index >= 15 is 0 Å². The van der Waals surface area contributed by atoms with Crippen LogP contribution in [-0.2, 0) is 62.3 Å². The van der Waals surface area contributed by atoms with E-state index in [-0.39, 0.29) is 0 Å². The van der Waals surface area contributed by atoms with E-state index in [1.165, 1.54) is 6.92 Å². The van der Waals surface area contributed by atoms with Crippen molar-refractivity contribution in [3.05, 3.63) is 0 Å². The molecule has 26 nitrogen and oxygen atoms in total. The van der Waals surface area contributed by atoms with E-state index in [1.807, 2.05) is 0 Å². The molecule has 0 aromatic carbocycles. The molecule has 0 rings (SSSR count). The van der Waals surface area contributed by atoms with Gasteiger partial charge in [-0.15, -0.1) is 0 Å². The van der Waals surface area contributed by atoms with Crippen LogP contribution < -0.4 is 37.6 Å². The van der Waals surface area contributed by atoms with Crippen molar-refractivity contribution < 1.29 is 93.0 Å². The Balaban J connectivity index is 6.59. The molecule has 336 valence electrons. The number of Topliss-reactive ketones (excluding diaryl/α,β-unsaturated/α-hetero) is 1. The summed E-state index contributed by atoms with van der Waals surface area (Å²) in [5.41, 5.74) is 5.67. The maximum Gasteiger partial charge on any atom is 0.303 e. The summed E-state index contributed by atoms with van der Waals surface area (Å²) in [5, 5.41) is 68.0. The number of amides is 6. The first-order valence-corrected chi connectivity index (χ1v) is 18.2. The monoisotopic (exact) mass is 861 g/mol. The van der Waals surface area contributed by atoms with Gasteiger partial charge in [0.15, 0.2) is 5.78 Å². The van der Waals surface area contributed by atoms with Crippen molar-refractivity contribution in [2.45, 2.75) is 133 Å². The third-order valence-corrected chi connectivity index (χ3v) is 8.37. The van der Waals surface area contributed by atoms with Crippen molar-refractivity contribution >= 4 is 77.0 Å². The summed E-state index contributed by atoms with van der Waals surface area (Å²) in [7, 11) is 0. The average Bonchev–Trinajstić information content (AvgIpc) is 3.14. The van der Waals surface area contributed by atoms with E-state index in [0.29, 0.717) is 0 Å². The molecule has 0 aliphatic heterocycles. The van der Waals surface area contributed by atoms with Gasteiger partial charge in [0.2, 0.25) is 35.4 Å². The molecule has 0 aromatic rings. The normalized spacial score (nSPS) is 14.2. The van der Waals surface area contributed by atoms with E-state index in [2.05, 4.69) is 31.9 Å². The Hall–Kier alpha value is -6.73. The van der Waals surface area contributed by atoms with Gasteiger partial charge in [0, 0.05) is 38.5 Å². The third kappa shape index (κ3) is 22.9. The van der Waals surface area contributed by atoms with Gasteiger partial charge in [-0.05, 0) is 52.4 Å². The summed E-state index contributed by atoms with van der Waals surface area (Å²) < 4.78 is 0. The lowest BCUT2D eigenvalue weighted by atomic mass is 10.0. The number of ketones is 1. The van der Waals surface area contributed by atoms with Crippen LogP contribution in [0.2, 0.25) is 0 Å². The first-order valence-electron chi connectivity index (χ1n) is 18.2. The van der Waals surface area contributed by atoms with Crippen LogP contribution in [0.1, 0.15) is 90.9 Å². The highest BCUT2D eigenvalue weighted by molar-refractivity contribution is 5.97. The molecule has 0 heterocycles. The van der Waals surface area contributed by atoms with E-state index in [1.54, 1.807) is 0 Å². The molecule has 0 radical (unpaired) electrons. The van der Waals surface area contributed by atoms with Gasteiger partial charge in [-0.3, -0.25) is 62.3 Å². The van der Waals surface area contributed by atoms with Crippen molar-refractivity contribution in [1.29, 1.82) is 0 Å². The van der Waals surface area contributed by atoms with Gasteiger partial charge in [-0.1, -0.05) is 0 Å². The van der Waals surface area contributed by atoms with Crippen LogP contribution in [0.3, 0.4) is 0 Å². The number of carboxylic acid groups (broad SMARTS) is 6. The van der Waals surface area contributed by atoms with Crippen LogP contribution in [0.5, 0.6) is 0 Å². The molecule has 0 aromatic heterocycles. The molecule has 6 amide bonds. The molecule has 0 bridgehead atoms. The minimum absolute atomic E-state index is 0.391. The van der Waals surface area contributed by atoms with Gasteiger partial charge >= 0.3 is 35.8 Å². The predicted molar refractivity (Wildman–Crippen MR) is 197 cm³/mol. The Morgan fingerprint density at radius 1 is 0.367 bits per heavy atom. The Bertz CT molecular complexity index is 1640. The Morgan fingerprint density at radius 2 is 0.567 bits per heavy atom. The van der Waals surface area contributed by atoms with Crippen molar-refractivity contribution in [1.82, 2.24) is 31.9 Å². The second kappa shape index (κ2) is 27.0. The topological polar surface area (TPSA) is 441 Å². The molecule has 0 spiro atoms. The lowest BCUT2D eigenvalue weighted by molar-refractivity contribution is -0.141. The summed E-state index contributed by atoms with van der Waals surface area (Å²) in [6.07, 6.45) is -8.01. The molecule has 0 saturated heterocycles. The van der Waals surface area contributed by atoms with Crippen LogP contribution in [0.15, 0.2) is 0 Å². The first kappa shape index (κ1) is 53.3. The molecule has 0 unspecified atom stereocenters. The molecule has 0 aliphatic carbocycles. The number of aliphatic carboxylic acids is 6. The van der Waals surface area contributed by atoms with Crippen molar-refractivity contribution in [3.8, 4) is 0 Å². The van der Waals surface area contributed by atoms with Crippen LogP contribution in [0.4, 0.5) is 0 Å². The zero-order chi connectivity index (χ0) is 46.3. The zero-order valence-electron chi connectivity index (χ0n) is 32.6. The van der Waals surface area contributed by atoms with E-state index in [4.69, 9.17) is 21.1 Å². The summed E-state index contributed by atoms with van der Waals surface area (Å²) in [6.45, 7) is 2.44. The minimum Gasteiger partial charge on any atom is -0.481 e. The molecule has 7 atom stereocenters. The zero-order valence-corrected chi connectivity index (χ0v) is 32.6. The van der Waals surface area contributed by atoms with Crippen molar-refractivity contribution in [2.24, 2.45) is 5.73 Å². The fourth-order valence-corrected chi connectivity index (χ4v) is 4.88. The SMILES string of the molecule is CC(=O)[C@H](C)NC(=O)[C@H](CCC(=O)O)NC(=O)[C@H](CCC(=O)O)NC(=O)[C@H](CCC(=O)O)NC(=O)[C@H](CCC(=O)O)NC(=O)[C@H](CCC(=O)O)NC(=O)[C@@H](N)CCC(=O)O. The number of rotatable bonds is 31. The fraction of sp³-hybridized carbons (Fsp3) is 0.618. The number of carbonyl (C=O) groups is 13. The lowest BCUT2D eigenvalue weighted by Crippen LogP contribution is -2.59. The summed E-state index contributed by atoms with van der Waals surface area (Å²) in [6, 6.07) is -11.6. The Kier molecular flexibility index (Phi) is 24.0. The van der Waals surface area contributed by atoms with Gasteiger partial charge < -0.3 is 68.3 Å². The fourth-order valence-electron chi connectivity index (χ4n) is 4.88. The minimum atomic E-state index is -1.91. The first-order chi connectivity index (χ1) is 27.8. The van der Waals surface area contributed by atoms with Gasteiger partial charge in [0.1, 0.15) is 30.2 Å². The third-order valence-electron chi connectivity index (χ3n) is 8.37. The molecular weight excluding hydrogens is 810 g/mol. The second-order valence-electron chi connectivity index (χ2n) is 13.3. The highest BCUT2D eigenvalue weighted by Gasteiger charge is 2.34. The number of nitrogens with one attached hydrogen (secondary N) is 6. The van der Waals surface area contributed by atoms with Crippen LogP contribution in [0.25, 0.3) is 0 Å². The summed E-state index contributed by atoms with van der Waals surface area (Å²) >= 11 is 0. The molecule has 0 aliphatic rings. The van der Waals surface area contributed by atoms with Gasteiger partial charge in [0.05, 0.1) is 12.1 Å². The second-order valence-corrected chi connectivity index (χ2v) is 13.3. The van der Waals surface area contributed by atoms with Gasteiger partial charge in [-0.2, -0.15) is 0 Å². The van der Waals surface area contributed by atoms with Gasteiger partial charge in [0.25, 0.3) is 0 Å². The predicted octanol–water partition coefficient (Wildman–Crippen LogP) is -3.98. The van der Waals surface area contributed by atoms with Crippen molar-refractivity contribution in [3.63, 3.8) is 0 Å². The molecular formula is C34H51N7O19. The maximum atomic E-state index is 13.6. The van der Waals surface area contributed by atoms with Crippen LogP contribution in [-0.4, -0.2) is 150 Å². The molecule has 60 heavy (non-hydrogen) atoms. The smallest absolute Gasteiger partial charge is 0.303 e. The van der Waals surface area contributed by atoms with E-state index in [9.17, 15) is 77.6 Å². The van der Waals surface area contributed by atoms with Crippen LogP contribution in [0, 0.1) is 0 Å². The maximum absolute atomic E-state index is 13.6. The highest BCUT2D eigenvalue weighted by atomic mass is 16.4. The average molecular weight is 862 g/mol. The molecule has 0 saturated carbocycles. The number of carboxylic acids is 6. The Labute approximate surface area is 340 Å². The van der Waals surface area contributed by atoms with Crippen molar-refractivity contribution in [2.75, 3.05) is 0 Å². The standard InChI is InChI=1S/C34H51N7O19/c1-15(16(2)42)36-30(56)18(4-10-24(45)46)38-32(58)20(6-12-26(49)50)40-34(60)22(8-14-28(53)54)41-33(59)21(7-13-27(51)52)39-31(57)19(5-11-25(47)48)37-29(55)17(35)3-9-23(43)44/h15,17-22H,3-14,35H2,1-2H3,(H,36,56)(H,37,55)(H,38,58)(H,39,57)(H,40,60)(H,41,59)(H,43,44)(H,45,46)(H,47,48)(H,49,50)(H,51,52)(H,53,54)/t15-,17-,18-,19-,20-,21-,22-/m0/s1. The highest BCUT2D eigenvalue weighted by Crippen LogP contribution is 2.09. The molecule has 0 fully saturated rings. The number of hydrogen-bond donors (Lipinski definition) is 13. The lowest BCUT2D eigenvalue weighted by Gasteiger charge is -2.27. The van der Waals surface area contributed by atoms with E-state index < -0.39 is 196 Å². The summed E-state index contributed by atoms with van der Waals surface area (Å²) in [4.78, 5) is 159. The molecule has 26 heteroatoms. The Morgan fingerprint density at radius 3 is 0.783 bits per heavy atom. The summed E-state index contributed by atoms with van der Waals surface area (Å²) in [5.74, 6) is -16.3. The number of carbonyl (C=O) groups excluding carboxylic acids is 7.